The van der Waals surface area contributed by atoms with Crippen molar-refractivity contribution in [2.24, 2.45) is 0 Å². The van der Waals surface area contributed by atoms with E-state index in [2.05, 4.69) is 26.9 Å². The average Bonchev–Trinajstić information content (AvgIpc) is 0.823. The predicted molar refractivity (Wildman–Crippen MR) is 349 cm³/mol. The van der Waals surface area contributed by atoms with E-state index in [1.165, 1.54) is 114 Å². The third-order valence-corrected chi connectivity index (χ3v) is 17.6. The summed E-state index contributed by atoms with van der Waals surface area (Å²) >= 11 is 0. The highest BCUT2D eigenvalue weighted by molar-refractivity contribution is 8.76. The fourth-order valence-electron chi connectivity index (χ4n) is 9.70. The van der Waals surface area contributed by atoms with Gasteiger partial charge in [-0.25, -0.2) is 0 Å². The lowest BCUT2D eigenvalue weighted by Gasteiger charge is -2.45. The summed E-state index contributed by atoms with van der Waals surface area (Å²) < 4.78 is 83.1. The van der Waals surface area contributed by atoms with Crippen LogP contribution in [-0.4, -0.2) is 291 Å². The molecule has 2 heterocycles. The number of benzene rings is 1. The summed E-state index contributed by atoms with van der Waals surface area (Å²) in [4.78, 5) is 12.4. The number of nitrogens with one attached hydrogen (secondary N) is 1. The topological polar surface area (TPSA) is 329 Å². The number of hydrogen-bond acceptors (Lipinski definition) is 26. The van der Waals surface area contributed by atoms with Crippen molar-refractivity contribution >= 4 is 27.5 Å². The zero-order valence-electron chi connectivity index (χ0n) is 55.0. The highest BCUT2D eigenvalue weighted by Gasteiger charge is 2.51. The molecule has 1 amide bonds. The molecule has 2 saturated heterocycles. The third kappa shape index (κ3) is 43.6. The Kier molecular flexibility index (Phi) is 55.6. The highest BCUT2D eigenvalue weighted by atomic mass is 33.1. The molecular weight excluding hydrogens is 1240 g/mol. The first-order chi connectivity index (χ1) is 45.2. The molecule has 1 aromatic rings. The number of ether oxygens (including phenoxy) is 15. The Labute approximate surface area is 555 Å². The minimum absolute atomic E-state index is 0.0336. The van der Waals surface area contributed by atoms with Crippen LogP contribution in [0, 0.1) is 0 Å². The van der Waals surface area contributed by atoms with Crippen LogP contribution in [0.2, 0.25) is 0 Å². The minimum atomic E-state index is -1.77. The lowest BCUT2D eigenvalue weighted by molar-refractivity contribution is -0.352. The van der Waals surface area contributed by atoms with E-state index in [-0.39, 0.29) is 24.7 Å². The van der Waals surface area contributed by atoms with Gasteiger partial charge in [0, 0.05) is 37.7 Å². The molecule has 0 aliphatic carbocycles. The Balaban J connectivity index is 0.938. The van der Waals surface area contributed by atoms with E-state index in [4.69, 9.17) is 76.2 Å². The largest absolute Gasteiger partial charge is 0.462 e. The van der Waals surface area contributed by atoms with Crippen LogP contribution in [0.5, 0.6) is 5.75 Å². The van der Waals surface area contributed by atoms with Crippen molar-refractivity contribution < 1.29 is 117 Å². The van der Waals surface area contributed by atoms with Crippen molar-refractivity contribution in [3.63, 3.8) is 0 Å². The summed E-state index contributed by atoms with van der Waals surface area (Å²) in [6, 6.07) is 6.68. The second-order valence-corrected chi connectivity index (χ2v) is 25.3. The first-order valence-electron chi connectivity index (χ1n) is 34.0. The van der Waals surface area contributed by atoms with Crippen molar-refractivity contribution in [2.75, 3.05) is 183 Å². The highest BCUT2D eigenvalue weighted by Crippen LogP contribution is 2.31. The zero-order valence-corrected chi connectivity index (χ0v) is 56.6. The molecule has 92 heavy (non-hydrogen) atoms. The number of aliphatic hydroxyl groups excluding tert-OH is 8. The number of carbonyl (C=O) groups excluding carboxylic acids is 1. The number of unbranched alkanes of at least 4 members (excludes halogenated alkanes) is 16. The number of aliphatic hydroxyl groups is 8. The lowest BCUT2D eigenvalue weighted by atomic mass is 9.97. The van der Waals surface area contributed by atoms with Gasteiger partial charge in [0.15, 0.2) is 6.29 Å². The van der Waals surface area contributed by atoms with Crippen molar-refractivity contribution in [2.45, 2.75) is 190 Å². The standard InChI is InChI=1S/C65H119NO24S2/c67-26-30-79-34-38-83-42-46-84-43-39-80-35-31-76-27-15-11-7-3-1-5-9-13-17-49-91-92-50-18-14-10-6-2-4-8-12-16-28-77-32-36-81-40-44-85-47-48-86-45-41-82-37-33-78-29-25-66-57(70)24-21-53-19-22-54(23-20-53)87-64-62(75)60(73)63(56(52-69)89-64)90-65-61(74)59(72)58(71)55(51-68)88-65/h19-20,22-23,55-56,58-65,67-69,71-75H,1-18,21,24-52H2,(H,66,70)/t55-,56-,58+,59+,60-,61-,62-,63-,64-,65+/m1/s1. The monoisotopic (exact) mass is 1360 g/mol. The molecule has 0 saturated carbocycles. The van der Waals surface area contributed by atoms with E-state index < -0.39 is 74.6 Å². The molecule has 0 bridgehead atoms. The first kappa shape index (κ1) is 84.5. The molecular formula is C65H119NO24S2. The Hall–Kier alpha value is -1.69. The Bertz CT molecular complexity index is 1780. The first-order valence-corrected chi connectivity index (χ1v) is 36.5. The molecule has 10 atom stereocenters. The Morgan fingerprint density at radius 1 is 0.391 bits per heavy atom. The molecule has 9 N–H and O–H groups in total. The molecule has 27 heteroatoms. The molecule has 2 aliphatic heterocycles. The maximum Gasteiger partial charge on any atom is 0.229 e. The predicted octanol–water partition coefficient (Wildman–Crippen LogP) is 4.32. The summed E-state index contributed by atoms with van der Waals surface area (Å²) in [5.74, 6) is 2.69. The minimum Gasteiger partial charge on any atom is -0.462 e. The summed E-state index contributed by atoms with van der Waals surface area (Å²) in [5.41, 5.74) is 0.840. The summed E-state index contributed by atoms with van der Waals surface area (Å²) in [7, 11) is 4.14. The molecule has 0 unspecified atom stereocenters. The van der Waals surface area contributed by atoms with Crippen LogP contribution < -0.4 is 10.1 Å². The van der Waals surface area contributed by atoms with E-state index in [0.29, 0.717) is 145 Å². The second kappa shape index (κ2) is 60.5. The average molecular weight is 1360 g/mol. The van der Waals surface area contributed by atoms with Crippen molar-refractivity contribution in [1.29, 1.82) is 0 Å². The maximum absolute atomic E-state index is 12.4. The van der Waals surface area contributed by atoms with Crippen LogP contribution in [0.1, 0.15) is 128 Å². The van der Waals surface area contributed by atoms with Crippen LogP contribution in [-0.2, 0) is 77.5 Å². The number of hydrogen-bond donors (Lipinski definition) is 9. The summed E-state index contributed by atoms with van der Waals surface area (Å²) in [5, 5.41) is 83.0. The van der Waals surface area contributed by atoms with Gasteiger partial charge in [-0.1, -0.05) is 124 Å². The van der Waals surface area contributed by atoms with Crippen LogP contribution in [0.15, 0.2) is 24.3 Å². The van der Waals surface area contributed by atoms with Gasteiger partial charge in [0.2, 0.25) is 12.2 Å². The molecule has 0 radical (unpaired) electrons. The Morgan fingerprint density at radius 2 is 0.750 bits per heavy atom. The summed E-state index contributed by atoms with van der Waals surface area (Å²) in [6.45, 7) is 10.4. The number of carbonyl (C=O) groups is 1. The van der Waals surface area contributed by atoms with Crippen LogP contribution in [0.25, 0.3) is 0 Å². The van der Waals surface area contributed by atoms with E-state index in [1.54, 1.807) is 24.3 Å². The van der Waals surface area contributed by atoms with Crippen molar-refractivity contribution in [3.05, 3.63) is 29.8 Å². The summed E-state index contributed by atoms with van der Waals surface area (Å²) in [6.07, 6.45) is 8.61. The number of aryl methyl sites for hydroxylation is 1. The number of rotatable bonds is 66. The van der Waals surface area contributed by atoms with Crippen LogP contribution in [0.4, 0.5) is 0 Å². The van der Waals surface area contributed by atoms with Crippen molar-refractivity contribution in [3.8, 4) is 5.75 Å². The molecule has 1 aromatic carbocycles. The van der Waals surface area contributed by atoms with Crippen LogP contribution >= 0.6 is 21.6 Å². The lowest BCUT2D eigenvalue weighted by Crippen LogP contribution is -2.65. The molecule has 25 nitrogen and oxygen atoms in total. The smallest absolute Gasteiger partial charge is 0.229 e. The fraction of sp³-hybridized carbons (Fsp3) is 0.892. The molecule has 2 aliphatic rings. The van der Waals surface area contributed by atoms with Gasteiger partial charge in [-0.15, -0.1) is 0 Å². The van der Waals surface area contributed by atoms with Gasteiger partial charge in [-0.2, -0.15) is 0 Å². The zero-order chi connectivity index (χ0) is 66.0. The SMILES string of the molecule is O=C(CCc1ccc(O[C@@H]2O[C@H](CO)[C@@H](O[C@@H]3O[C@H](CO)[C@H](O)[C@H](O)[C@H]3O)[C@H](O)[C@H]2O)cc1)NCCOCCOCCOCCOCCOCCOCCCCCCCCCCCSSCCCCCCCCCCCOCCOCCOCCOCCOCCO. The maximum atomic E-state index is 12.4. The van der Waals surface area contributed by atoms with Gasteiger partial charge in [-0.3, -0.25) is 4.79 Å². The Morgan fingerprint density at radius 3 is 1.16 bits per heavy atom. The normalized spacial score (nSPS) is 21.7. The van der Waals surface area contributed by atoms with Gasteiger partial charge in [0.1, 0.15) is 54.6 Å². The molecule has 2 fully saturated rings. The van der Waals surface area contributed by atoms with E-state index in [1.807, 2.05) is 0 Å². The van der Waals surface area contributed by atoms with Crippen LogP contribution in [0.3, 0.4) is 0 Å². The fourth-order valence-corrected chi connectivity index (χ4v) is 12.0. The van der Waals surface area contributed by atoms with Gasteiger partial charge in [0.05, 0.1) is 152 Å². The number of amides is 1. The molecule has 0 aromatic heterocycles. The van der Waals surface area contributed by atoms with E-state index >= 15 is 0 Å². The van der Waals surface area contributed by atoms with Crippen molar-refractivity contribution in [1.82, 2.24) is 5.32 Å². The second-order valence-electron chi connectivity index (χ2n) is 22.6. The van der Waals surface area contributed by atoms with E-state index in [9.17, 15) is 40.5 Å². The third-order valence-electron chi connectivity index (χ3n) is 15.0. The van der Waals surface area contributed by atoms with Gasteiger partial charge in [0.25, 0.3) is 0 Å². The van der Waals surface area contributed by atoms with Gasteiger partial charge in [-0.05, 0) is 49.8 Å². The van der Waals surface area contributed by atoms with E-state index in [0.717, 1.165) is 31.6 Å². The van der Waals surface area contributed by atoms with Gasteiger partial charge < -0.3 is 117 Å². The molecule has 0 spiro atoms. The quantitative estimate of drug-likeness (QED) is 0.0324. The van der Waals surface area contributed by atoms with Gasteiger partial charge >= 0.3 is 0 Å². The molecule has 540 valence electrons. The molecule has 3 rings (SSSR count).